The van der Waals surface area contributed by atoms with E-state index in [1.54, 1.807) is 17.0 Å². The highest BCUT2D eigenvalue weighted by molar-refractivity contribution is 14.0. The van der Waals surface area contributed by atoms with Crippen molar-refractivity contribution < 1.29 is 18.7 Å². The van der Waals surface area contributed by atoms with E-state index in [1.807, 2.05) is 25.7 Å². The topological polar surface area (TPSA) is 80.4 Å². The second-order valence-corrected chi connectivity index (χ2v) is 7.00. The molecule has 0 bridgehead atoms. The Morgan fingerprint density at radius 2 is 1.85 bits per heavy atom. The van der Waals surface area contributed by atoms with Crippen LogP contribution in [0.5, 0.6) is 5.75 Å². The molecule has 9 heteroatoms. The summed E-state index contributed by atoms with van der Waals surface area (Å²) in [5.74, 6) is 0.537. The van der Waals surface area contributed by atoms with E-state index in [0.29, 0.717) is 51.0 Å². The molecule has 0 atom stereocenters. The van der Waals surface area contributed by atoms with Crippen LogP contribution >= 0.6 is 24.0 Å². The second-order valence-electron chi connectivity index (χ2n) is 7.00. The van der Waals surface area contributed by atoms with Gasteiger partial charge in [-0.2, -0.15) is 0 Å². The molecule has 1 amide bonds. The summed E-state index contributed by atoms with van der Waals surface area (Å²) in [5.41, 5.74) is 5.50. The van der Waals surface area contributed by atoms with Crippen molar-refractivity contribution in [2.75, 3.05) is 39.3 Å². The van der Waals surface area contributed by atoms with Gasteiger partial charge >= 0.3 is 6.09 Å². The number of halogens is 2. The normalized spacial score (nSPS) is 15.2. The molecule has 152 valence electrons. The van der Waals surface area contributed by atoms with Gasteiger partial charge in [0.2, 0.25) is 0 Å². The predicted octanol–water partition coefficient (Wildman–Crippen LogP) is 2.69. The standard InChI is InChI=1S/C18H27FN4O3.HI/c1-18(2,3)26-17(24)23-10-8-22(9-11-23)16(20)21-7-12-25-15-6-4-5-14(19)13-15;/h4-6,13H,7-12H2,1-3H3,(H2,20,21);1H. The zero-order valence-corrected chi connectivity index (χ0v) is 18.3. The van der Waals surface area contributed by atoms with Crippen LogP contribution in [0.1, 0.15) is 20.8 Å². The van der Waals surface area contributed by atoms with E-state index < -0.39 is 5.60 Å². The van der Waals surface area contributed by atoms with Gasteiger partial charge in [0, 0.05) is 32.2 Å². The number of nitrogens with zero attached hydrogens (tertiary/aromatic N) is 3. The number of amides is 1. The molecule has 2 N–H and O–H groups in total. The minimum absolute atomic E-state index is 0. The minimum atomic E-state index is -0.504. The van der Waals surface area contributed by atoms with Gasteiger partial charge in [0.15, 0.2) is 5.96 Å². The van der Waals surface area contributed by atoms with Crippen molar-refractivity contribution in [3.63, 3.8) is 0 Å². The molecule has 2 rings (SSSR count). The molecule has 1 aliphatic rings. The number of ether oxygens (including phenoxy) is 2. The van der Waals surface area contributed by atoms with Crippen LogP contribution in [-0.2, 0) is 4.74 Å². The highest BCUT2D eigenvalue weighted by Crippen LogP contribution is 2.12. The summed E-state index contributed by atoms with van der Waals surface area (Å²) in [6.45, 7) is 8.47. The number of carbonyl (C=O) groups excluding carboxylic acids is 1. The van der Waals surface area contributed by atoms with E-state index in [9.17, 15) is 9.18 Å². The Balaban J connectivity index is 0.00000364. The highest BCUT2D eigenvalue weighted by Gasteiger charge is 2.26. The van der Waals surface area contributed by atoms with Crippen LogP contribution in [0.25, 0.3) is 0 Å². The maximum absolute atomic E-state index is 13.1. The van der Waals surface area contributed by atoms with Crippen LogP contribution in [0.4, 0.5) is 9.18 Å². The van der Waals surface area contributed by atoms with Gasteiger partial charge in [0.1, 0.15) is 23.8 Å². The number of rotatable bonds is 4. The lowest BCUT2D eigenvalue weighted by atomic mass is 10.2. The van der Waals surface area contributed by atoms with Gasteiger partial charge in [-0.1, -0.05) is 6.07 Å². The van der Waals surface area contributed by atoms with E-state index in [0.717, 1.165) is 0 Å². The number of piperazine rings is 1. The fraction of sp³-hybridized carbons (Fsp3) is 0.556. The fourth-order valence-corrected chi connectivity index (χ4v) is 2.43. The summed E-state index contributed by atoms with van der Waals surface area (Å²) >= 11 is 0. The van der Waals surface area contributed by atoms with Gasteiger partial charge < -0.3 is 25.0 Å². The van der Waals surface area contributed by atoms with Gasteiger partial charge in [-0.05, 0) is 32.9 Å². The Morgan fingerprint density at radius 3 is 2.44 bits per heavy atom. The zero-order valence-electron chi connectivity index (χ0n) is 16.0. The van der Waals surface area contributed by atoms with Crippen molar-refractivity contribution in [1.29, 1.82) is 0 Å². The van der Waals surface area contributed by atoms with Crippen molar-refractivity contribution in [3.8, 4) is 5.75 Å². The molecule has 1 aromatic carbocycles. The maximum atomic E-state index is 13.1. The Morgan fingerprint density at radius 1 is 1.22 bits per heavy atom. The number of nitrogens with two attached hydrogens (primary N) is 1. The first-order valence-corrected chi connectivity index (χ1v) is 8.66. The number of guanidine groups is 1. The summed E-state index contributed by atoms with van der Waals surface area (Å²) in [4.78, 5) is 19.9. The third-order valence-corrected chi connectivity index (χ3v) is 3.69. The fourth-order valence-electron chi connectivity index (χ4n) is 2.43. The van der Waals surface area contributed by atoms with Crippen molar-refractivity contribution in [1.82, 2.24) is 9.80 Å². The summed E-state index contributed by atoms with van der Waals surface area (Å²) in [5, 5.41) is 0. The molecule has 1 saturated heterocycles. The van der Waals surface area contributed by atoms with Gasteiger partial charge in [-0.25, -0.2) is 14.2 Å². The lowest BCUT2D eigenvalue weighted by Gasteiger charge is -2.36. The van der Waals surface area contributed by atoms with Crippen LogP contribution in [0.3, 0.4) is 0 Å². The van der Waals surface area contributed by atoms with Gasteiger partial charge in [0.25, 0.3) is 0 Å². The van der Waals surface area contributed by atoms with E-state index >= 15 is 0 Å². The molecule has 0 aliphatic carbocycles. The number of aliphatic imine (C=N–C) groups is 1. The molecule has 0 spiro atoms. The van der Waals surface area contributed by atoms with Crippen LogP contribution in [0.2, 0.25) is 0 Å². The molecule has 0 radical (unpaired) electrons. The molecule has 0 aromatic heterocycles. The summed E-state index contributed by atoms with van der Waals surface area (Å²) < 4.78 is 23.9. The lowest BCUT2D eigenvalue weighted by Crippen LogP contribution is -2.53. The van der Waals surface area contributed by atoms with Gasteiger partial charge in [0.05, 0.1) is 6.54 Å². The smallest absolute Gasteiger partial charge is 0.410 e. The van der Waals surface area contributed by atoms with Gasteiger partial charge in [-0.3, -0.25) is 0 Å². The molecule has 0 unspecified atom stereocenters. The molecule has 1 aromatic rings. The van der Waals surface area contributed by atoms with Crippen LogP contribution < -0.4 is 10.5 Å². The summed E-state index contributed by atoms with van der Waals surface area (Å²) in [7, 11) is 0. The number of hydrogen-bond donors (Lipinski definition) is 1. The molecule has 0 saturated carbocycles. The van der Waals surface area contributed by atoms with Crippen LogP contribution in [0, 0.1) is 5.82 Å². The highest BCUT2D eigenvalue weighted by atomic mass is 127. The molecule has 1 aliphatic heterocycles. The quantitative estimate of drug-likeness (QED) is 0.302. The molecule has 1 fully saturated rings. The average Bonchev–Trinajstić information content (AvgIpc) is 2.57. The van der Waals surface area contributed by atoms with Gasteiger partial charge in [-0.15, -0.1) is 24.0 Å². The number of benzene rings is 1. The molecular weight excluding hydrogens is 466 g/mol. The Labute approximate surface area is 176 Å². The largest absolute Gasteiger partial charge is 0.492 e. The molecular formula is C18H28FIN4O3. The van der Waals surface area contributed by atoms with Crippen molar-refractivity contribution in [2.24, 2.45) is 10.7 Å². The Bertz CT molecular complexity index is 644. The van der Waals surface area contributed by atoms with Crippen molar-refractivity contribution >= 4 is 36.0 Å². The third kappa shape index (κ3) is 8.19. The van der Waals surface area contributed by atoms with E-state index in [2.05, 4.69) is 4.99 Å². The Kier molecular flexibility index (Phi) is 9.07. The number of carbonyl (C=O) groups is 1. The third-order valence-electron chi connectivity index (χ3n) is 3.69. The van der Waals surface area contributed by atoms with E-state index in [1.165, 1.54) is 12.1 Å². The lowest BCUT2D eigenvalue weighted by molar-refractivity contribution is 0.0186. The molecule has 27 heavy (non-hydrogen) atoms. The maximum Gasteiger partial charge on any atom is 0.410 e. The first-order valence-electron chi connectivity index (χ1n) is 8.66. The zero-order chi connectivity index (χ0) is 19.2. The van der Waals surface area contributed by atoms with Crippen molar-refractivity contribution in [2.45, 2.75) is 26.4 Å². The Hall–Kier alpha value is -1.78. The SMILES string of the molecule is CC(C)(C)OC(=O)N1CCN(C(N)=NCCOc2cccc(F)c2)CC1.I. The average molecular weight is 494 g/mol. The van der Waals surface area contributed by atoms with Crippen LogP contribution in [-0.4, -0.2) is 66.8 Å². The van der Waals surface area contributed by atoms with Crippen LogP contribution in [0.15, 0.2) is 29.3 Å². The predicted molar refractivity (Wildman–Crippen MR) is 113 cm³/mol. The molecule has 1 heterocycles. The monoisotopic (exact) mass is 494 g/mol. The summed E-state index contributed by atoms with van der Waals surface area (Å²) in [6, 6.07) is 5.96. The second kappa shape index (κ2) is 10.5. The number of hydrogen-bond acceptors (Lipinski definition) is 4. The first-order chi connectivity index (χ1) is 12.2. The van der Waals surface area contributed by atoms with E-state index in [-0.39, 0.29) is 35.9 Å². The molecule has 7 nitrogen and oxygen atoms in total. The van der Waals surface area contributed by atoms with E-state index in [4.69, 9.17) is 15.2 Å². The minimum Gasteiger partial charge on any atom is -0.492 e. The van der Waals surface area contributed by atoms with Crippen molar-refractivity contribution in [3.05, 3.63) is 30.1 Å². The first kappa shape index (κ1) is 23.3. The summed E-state index contributed by atoms with van der Waals surface area (Å²) in [6.07, 6.45) is -0.309.